The molecule has 1 aromatic rings. The van der Waals surface area contributed by atoms with Gasteiger partial charge < -0.3 is 15.5 Å². The van der Waals surface area contributed by atoms with Gasteiger partial charge in [-0.3, -0.25) is 0 Å². The van der Waals surface area contributed by atoms with E-state index in [1.54, 1.807) is 12.1 Å². The third kappa shape index (κ3) is 3.41. The highest BCUT2D eigenvalue weighted by Gasteiger charge is 2.26. The molecular weight excluding hydrogens is 238 g/mol. The summed E-state index contributed by atoms with van der Waals surface area (Å²) in [7, 11) is 0. The normalized spacial score (nSPS) is 29.1. The Kier molecular flexibility index (Phi) is 4.35. The van der Waals surface area contributed by atoms with Gasteiger partial charge in [0.1, 0.15) is 11.5 Å². The fraction of sp³-hybridized carbons (Fsp3) is 0.625. The molecular formula is C16H25NO2. The first-order chi connectivity index (χ1) is 8.97. The van der Waals surface area contributed by atoms with Crippen molar-refractivity contribution in [3.63, 3.8) is 0 Å². The standard InChI is InChI=1S/C16H25NO2/c1-10-4-5-13(8-11(10)2)17-12(3)15-9-14(18)6-7-16(15)19/h6-7,9-13,17-19H,4-5,8H2,1-3H3. The maximum atomic E-state index is 9.88. The molecule has 1 saturated carbocycles. The predicted molar refractivity (Wildman–Crippen MR) is 77.3 cm³/mol. The second-order valence-corrected chi connectivity index (χ2v) is 6.10. The maximum Gasteiger partial charge on any atom is 0.120 e. The van der Waals surface area contributed by atoms with Crippen molar-refractivity contribution >= 4 is 0 Å². The molecule has 0 bridgehead atoms. The Morgan fingerprint density at radius 1 is 1.16 bits per heavy atom. The lowest BCUT2D eigenvalue weighted by Crippen LogP contribution is -2.37. The molecule has 0 amide bonds. The molecule has 106 valence electrons. The van der Waals surface area contributed by atoms with E-state index in [1.807, 2.05) is 6.92 Å². The molecule has 0 aromatic heterocycles. The number of phenols is 2. The Morgan fingerprint density at radius 3 is 2.58 bits per heavy atom. The SMILES string of the molecule is CC(NC1CCC(C)C(C)C1)c1cc(O)ccc1O. The Labute approximate surface area is 115 Å². The lowest BCUT2D eigenvalue weighted by Gasteiger charge is -2.34. The molecule has 3 N–H and O–H groups in total. The third-order valence-corrected chi connectivity index (χ3v) is 4.56. The van der Waals surface area contributed by atoms with Crippen LogP contribution in [-0.4, -0.2) is 16.3 Å². The minimum absolute atomic E-state index is 0.0534. The van der Waals surface area contributed by atoms with Crippen molar-refractivity contribution in [3.05, 3.63) is 23.8 Å². The number of hydrogen-bond donors (Lipinski definition) is 3. The van der Waals surface area contributed by atoms with Crippen molar-refractivity contribution in [1.82, 2.24) is 5.32 Å². The highest BCUT2D eigenvalue weighted by molar-refractivity contribution is 5.40. The van der Waals surface area contributed by atoms with Gasteiger partial charge in [0.25, 0.3) is 0 Å². The second kappa shape index (κ2) is 5.83. The van der Waals surface area contributed by atoms with E-state index in [0.29, 0.717) is 6.04 Å². The van der Waals surface area contributed by atoms with Gasteiger partial charge in [0.2, 0.25) is 0 Å². The fourth-order valence-corrected chi connectivity index (χ4v) is 3.03. The van der Waals surface area contributed by atoms with Gasteiger partial charge in [-0.25, -0.2) is 0 Å². The first-order valence-corrected chi connectivity index (χ1v) is 7.25. The lowest BCUT2D eigenvalue weighted by molar-refractivity contribution is 0.217. The molecule has 19 heavy (non-hydrogen) atoms. The quantitative estimate of drug-likeness (QED) is 0.731. The summed E-state index contributed by atoms with van der Waals surface area (Å²) in [5.41, 5.74) is 0.770. The van der Waals surface area contributed by atoms with Crippen LogP contribution in [-0.2, 0) is 0 Å². The second-order valence-electron chi connectivity index (χ2n) is 6.10. The summed E-state index contributed by atoms with van der Waals surface area (Å²) in [5.74, 6) is 2.00. The van der Waals surface area contributed by atoms with E-state index in [0.717, 1.165) is 17.4 Å². The first-order valence-electron chi connectivity index (χ1n) is 7.25. The van der Waals surface area contributed by atoms with Crippen molar-refractivity contribution in [1.29, 1.82) is 0 Å². The molecule has 1 fully saturated rings. The molecule has 0 aliphatic heterocycles. The van der Waals surface area contributed by atoms with Crippen LogP contribution in [0.3, 0.4) is 0 Å². The summed E-state index contributed by atoms with van der Waals surface area (Å²) in [5, 5.41) is 23.0. The smallest absolute Gasteiger partial charge is 0.120 e. The zero-order chi connectivity index (χ0) is 14.0. The Balaban J connectivity index is 2.01. The van der Waals surface area contributed by atoms with Crippen LogP contribution in [0.1, 0.15) is 51.6 Å². The van der Waals surface area contributed by atoms with Gasteiger partial charge >= 0.3 is 0 Å². The van der Waals surface area contributed by atoms with Crippen molar-refractivity contribution in [3.8, 4) is 11.5 Å². The Hall–Kier alpha value is -1.22. The van der Waals surface area contributed by atoms with Crippen molar-refractivity contribution in [2.75, 3.05) is 0 Å². The zero-order valence-corrected chi connectivity index (χ0v) is 12.1. The zero-order valence-electron chi connectivity index (χ0n) is 12.1. The highest BCUT2D eigenvalue weighted by atomic mass is 16.3. The molecule has 4 atom stereocenters. The van der Waals surface area contributed by atoms with Gasteiger partial charge in [0.15, 0.2) is 0 Å². The van der Waals surface area contributed by atoms with Crippen LogP contribution >= 0.6 is 0 Å². The van der Waals surface area contributed by atoms with E-state index in [9.17, 15) is 10.2 Å². The van der Waals surface area contributed by atoms with E-state index < -0.39 is 0 Å². The average Bonchev–Trinajstić information content (AvgIpc) is 2.36. The predicted octanol–water partition coefficient (Wildman–Crippen LogP) is 3.57. The topological polar surface area (TPSA) is 52.5 Å². The first kappa shape index (κ1) is 14.2. The molecule has 4 unspecified atom stereocenters. The summed E-state index contributed by atoms with van der Waals surface area (Å²) in [4.78, 5) is 0. The lowest BCUT2D eigenvalue weighted by atomic mass is 9.79. The molecule has 1 aliphatic rings. The Bertz CT molecular complexity index is 433. The van der Waals surface area contributed by atoms with E-state index in [4.69, 9.17) is 0 Å². The van der Waals surface area contributed by atoms with Crippen molar-refractivity contribution < 1.29 is 10.2 Å². The monoisotopic (exact) mass is 263 g/mol. The van der Waals surface area contributed by atoms with Crippen LogP contribution in [0.4, 0.5) is 0 Å². The van der Waals surface area contributed by atoms with Gasteiger partial charge in [-0.15, -0.1) is 0 Å². The van der Waals surface area contributed by atoms with Gasteiger partial charge in [-0.05, 0) is 56.2 Å². The summed E-state index contributed by atoms with van der Waals surface area (Å²) in [6.45, 7) is 6.68. The largest absolute Gasteiger partial charge is 0.508 e. The fourth-order valence-electron chi connectivity index (χ4n) is 3.03. The average molecular weight is 263 g/mol. The molecule has 0 spiro atoms. The molecule has 3 nitrogen and oxygen atoms in total. The number of hydrogen-bond acceptors (Lipinski definition) is 3. The molecule has 0 saturated heterocycles. The Morgan fingerprint density at radius 2 is 1.89 bits per heavy atom. The summed E-state index contributed by atoms with van der Waals surface area (Å²) < 4.78 is 0. The number of nitrogens with one attached hydrogen (secondary N) is 1. The molecule has 1 aliphatic carbocycles. The van der Waals surface area contributed by atoms with Crippen LogP contribution in [0.5, 0.6) is 11.5 Å². The van der Waals surface area contributed by atoms with E-state index in [2.05, 4.69) is 19.2 Å². The van der Waals surface area contributed by atoms with Gasteiger partial charge in [0, 0.05) is 17.6 Å². The summed E-state index contributed by atoms with van der Waals surface area (Å²) >= 11 is 0. The minimum atomic E-state index is 0.0534. The molecule has 0 radical (unpaired) electrons. The summed E-state index contributed by atoms with van der Waals surface area (Å²) in [6.07, 6.45) is 3.64. The van der Waals surface area contributed by atoms with E-state index >= 15 is 0 Å². The van der Waals surface area contributed by atoms with Crippen LogP contribution < -0.4 is 5.32 Å². The van der Waals surface area contributed by atoms with Gasteiger partial charge in [0.05, 0.1) is 0 Å². The van der Waals surface area contributed by atoms with Crippen LogP contribution in [0, 0.1) is 11.8 Å². The maximum absolute atomic E-state index is 9.88. The highest BCUT2D eigenvalue weighted by Crippen LogP contribution is 2.32. The number of aromatic hydroxyl groups is 2. The van der Waals surface area contributed by atoms with Gasteiger partial charge in [-0.2, -0.15) is 0 Å². The molecule has 2 rings (SSSR count). The van der Waals surface area contributed by atoms with Crippen LogP contribution in [0.25, 0.3) is 0 Å². The van der Waals surface area contributed by atoms with Gasteiger partial charge in [-0.1, -0.05) is 13.8 Å². The number of phenolic OH excluding ortho intramolecular Hbond substituents is 2. The van der Waals surface area contributed by atoms with Crippen LogP contribution in [0.15, 0.2) is 18.2 Å². The number of benzene rings is 1. The molecule has 0 heterocycles. The minimum Gasteiger partial charge on any atom is -0.508 e. The third-order valence-electron chi connectivity index (χ3n) is 4.56. The number of rotatable bonds is 3. The van der Waals surface area contributed by atoms with Crippen LogP contribution in [0.2, 0.25) is 0 Å². The van der Waals surface area contributed by atoms with Crippen molar-refractivity contribution in [2.45, 2.75) is 52.1 Å². The molecule has 1 aromatic carbocycles. The molecule has 3 heteroatoms. The summed E-state index contributed by atoms with van der Waals surface area (Å²) in [6, 6.07) is 5.26. The van der Waals surface area contributed by atoms with E-state index in [1.165, 1.54) is 25.3 Å². The van der Waals surface area contributed by atoms with Crippen molar-refractivity contribution in [2.24, 2.45) is 11.8 Å². The van der Waals surface area contributed by atoms with E-state index in [-0.39, 0.29) is 17.5 Å².